The number of rotatable bonds is 5. The monoisotopic (exact) mass is 397 g/mol. The molecule has 0 saturated carbocycles. The van der Waals surface area contributed by atoms with Crippen molar-refractivity contribution < 1.29 is 4.74 Å². The maximum Gasteiger partial charge on any atom is 0.329 e. The van der Waals surface area contributed by atoms with Gasteiger partial charge in [-0.2, -0.15) is 0 Å². The number of aromatic amines is 1. The summed E-state index contributed by atoms with van der Waals surface area (Å²) in [5.74, 6) is 1.07. The van der Waals surface area contributed by atoms with Crippen molar-refractivity contribution in [3.8, 4) is 17.1 Å². The Kier molecular flexibility index (Phi) is 5.36. The van der Waals surface area contributed by atoms with Crippen LogP contribution >= 0.6 is 0 Å². The third kappa shape index (κ3) is 4.17. The predicted octanol–water partition coefficient (Wildman–Crippen LogP) is -0.295. The average molecular weight is 397 g/mol. The lowest BCUT2D eigenvalue weighted by atomic mass is 10.2. The second-order valence-corrected chi connectivity index (χ2v) is 7.14. The van der Waals surface area contributed by atoms with Gasteiger partial charge in [0.2, 0.25) is 0 Å². The van der Waals surface area contributed by atoms with Crippen LogP contribution in [0.15, 0.2) is 33.9 Å². The van der Waals surface area contributed by atoms with Crippen molar-refractivity contribution in [1.29, 1.82) is 0 Å². The van der Waals surface area contributed by atoms with E-state index in [0.717, 1.165) is 38.5 Å². The highest BCUT2D eigenvalue weighted by molar-refractivity contribution is 5.70. The average Bonchev–Trinajstić information content (AvgIpc) is 2.74. The lowest BCUT2D eigenvalue weighted by Gasteiger charge is -2.32. The minimum Gasteiger partial charge on any atom is -0.492 e. The number of aryl methyl sites for hydroxylation is 1. The number of likely N-dealkylation sites (N-methyl/N-ethyl adjacent to an activating group) is 1. The summed E-state index contributed by atoms with van der Waals surface area (Å²) in [6.07, 6.45) is 0. The highest BCUT2D eigenvalue weighted by Gasteiger charge is 2.14. The summed E-state index contributed by atoms with van der Waals surface area (Å²) >= 11 is 0. The number of ether oxygens (including phenoxy) is 1. The molecular formula is C19H23N7O3. The van der Waals surface area contributed by atoms with Crippen LogP contribution < -0.4 is 16.0 Å². The molecule has 10 nitrogen and oxygen atoms in total. The first-order chi connectivity index (χ1) is 14.0. The van der Waals surface area contributed by atoms with Gasteiger partial charge < -0.3 is 9.64 Å². The smallest absolute Gasteiger partial charge is 0.329 e. The molecule has 29 heavy (non-hydrogen) atoms. The molecule has 0 radical (unpaired) electrons. The largest absolute Gasteiger partial charge is 0.492 e. The molecule has 1 aliphatic heterocycles. The number of nitrogens with one attached hydrogen (secondary N) is 1. The Balaban J connectivity index is 1.44. The van der Waals surface area contributed by atoms with E-state index in [9.17, 15) is 9.59 Å². The minimum atomic E-state index is -0.580. The molecule has 0 atom stereocenters. The third-order valence-corrected chi connectivity index (χ3v) is 5.11. The molecule has 1 fully saturated rings. The Morgan fingerprint density at radius 2 is 1.76 bits per heavy atom. The zero-order valence-corrected chi connectivity index (χ0v) is 16.5. The summed E-state index contributed by atoms with van der Waals surface area (Å²) in [5, 5.41) is 8.05. The molecule has 1 aliphatic rings. The van der Waals surface area contributed by atoms with Gasteiger partial charge in [-0.15, -0.1) is 10.2 Å². The van der Waals surface area contributed by atoms with Gasteiger partial charge in [0.1, 0.15) is 12.4 Å². The van der Waals surface area contributed by atoms with Crippen molar-refractivity contribution in [2.24, 2.45) is 7.05 Å². The van der Waals surface area contributed by atoms with Crippen LogP contribution in [-0.4, -0.2) is 80.9 Å². The molecule has 0 bridgehead atoms. The van der Waals surface area contributed by atoms with Crippen LogP contribution in [0.25, 0.3) is 22.6 Å². The normalized spacial score (nSPS) is 15.7. The van der Waals surface area contributed by atoms with Crippen LogP contribution in [-0.2, 0) is 7.05 Å². The molecule has 10 heteroatoms. The van der Waals surface area contributed by atoms with E-state index >= 15 is 0 Å². The highest BCUT2D eigenvalue weighted by atomic mass is 16.5. The second-order valence-electron chi connectivity index (χ2n) is 7.14. The lowest BCUT2D eigenvalue weighted by Crippen LogP contribution is -2.45. The van der Waals surface area contributed by atoms with Crippen molar-refractivity contribution in [3.63, 3.8) is 0 Å². The fourth-order valence-corrected chi connectivity index (χ4v) is 3.22. The van der Waals surface area contributed by atoms with E-state index in [-0.39, 0.29) is 11.2 Å². The molecule has 0 unspecified atom stereocenters. The van der Waals surface area contributed by atoms with Gasteiger partial charge in [-0.25, -0.2) is 9.78 Å². The molecule has 1 saturated heterocycles. The fourth-order valence-electron chi connectivity index (χ4n) is 3.22. The number of aromatic nitrogens is 5. The standard InChI is InChI=1S/C19H23N7O3/c1-24-7-9-26(10-8-24)11-12-29-14-5-3-13(4-6-14)16-20-15-17(23-22-16)25(2)19(28)21-18(15)27/h3-6H,7-12H2,1-2H3,(H,21,27,28). The summed E-state index contributed by atoms with van der Waals surface area (Å²) in [4.78, 5) is 34.9. The Hall–Kier alpha value is -3.11. The molecule has 0 amide bonds. The van der Waals surface area contributed by atoms with Crippen LogP contribution in [0.3, 0.4) is 0 Å². The molecule has 0 spiro atoms. The van der Waals surface area contributed by atoms with Crippen LogP contribution in [0, 0.1) is 0 Å². The summed E-state index contributed by atoms with van der Waals surface area (Å²) in [6, 6.07) is 7.34. The van der Waals surface area contributed by atoms with Crippen LogP contribution in [0.2, 0.25) is 0 Å². The van der Waals surface area contributed by atoms with Crippen molar-refractivity contribution >= 4 is 11.2 Å². The Morgan fingerprint density at radius 3 is 2.48 bits per heavy atom. The summed E-state index contributed by atoms with van der Waals surface area (Å²) < 4.78 is 7.05. The topological polar surface area (TPSA) is 109 Å². The number of piperazine rings is 1. The first-order valence-corrected chi connectivity index (χ1v) is 9.49. The highest BCUT2D eigenvalue weighted by Crippen LogP contribution is 2.19. The molecule has 2 aromatic heterocycles. The van der Waals surface area contributed by atoms with Gasteiger partial charge in [0.15, 0.2) is 17.0 Å². The zero-order chi connectivity index (χ0) is 20.4. The summed E-state index contributed by atoms with van der Waals surface area (Å²) in [7, 11) is 3.65. The molecule has 1 aromatic carbocycles. The molecule has 4 rings (SSSR count). The lowest BCUT2D eigenvalue weighted by molar-refractivity contribution is 0.134. The van der Waals surface area contributed by atoms with Crippen LogP contribution in [0.1, 0.15) is 0 Å². The number of hydrogen-bond donors (Lipinski definition) is 1. The fraction of sp³-hybridized carbons (Fsp3) is 0.421. The van der Waals surface area contributed by atoms with Gasteiger partial charge in [-0.05, 0) is 31.3 Å². The van der Waals surface area contributed by atoms with E-state index in [2.05, 4.69) is 37.0 Å². The SMILES string of the molecule is CN1CCN(CCOc2ccc(-c3nnc4c(n3)c(=O)[nH]c(=O)n4C)cc2)CC1. The van der Waals surface area contributed by atoms with E-state index in [0.29, 0.717) is 18.0 Å². The first-order valence-electron chi connectivity index (χ1n) is 9.49. The number of benzene rings is 1. The molecule has 3 aromatic rings. The van der Waals surface area contributed by atoms with Gasteiger partial charge in [0.25, 0.3) is 5.56 Å². The Bertz CT molecular complexity index is 1120. The van der Waals surface area contributed by atoms with Gasteiger partial charge in [-0.3, -0.25) is 19.2 Å². The van der Waals surface area contributed by atoms with Gasteiger partial charge in [-0.1, -0.05) is 0 Å². The van der Waals surface area contributed by atoms with Crippen molar-refractivity contribution in [2.45, 2.75) is 0 Å². The second kappa shape index (κ2) is 8.10. The van der Waals surface area contributed by atoms with Crippen LogP contribution in [0.5, 0.6) is 5.75 Å². The number of fused-ring (bicyclic) bond motifs is 1. The molecular weight excluding hydrogens is 374 g/mol. The zero-order valence-electron chi connectivity index (χ0n) is 16.5. The number of nitrogens with zero attached hydrogens (tertiary/aromatic N) is 6. The van der Waals surface area contributed by atoms with E-state index in [1.54, 1.807) is 0 Å². The molecule has 0 aliphatic carbocycles. The maximum absolute atomic E-state index is 12.0. The van der Waals surface area contributed by atoms with Gasteiger partial charge in [0, 0.05) is 45.3 Å². The van der Waals surface area contributed by atoms with Crippen LogP contribution in [0.4, 0.5) is 0 Å². The first kappa shape index (κ1) is 19.2. The maximum atomic E-state index is 12.0. The molecule has 152 valence electrons. The molecule has 1 N–H and O–H groups in total. The van der Waals surface area contributed by atoms with Gasteiger partial charge in [0.05, 0.1) is 0 Å². The van der Waals surface area contributed by atoms with Crippen molar-refractivity contribution in [2.75, 3.05) is 46.4 Å². The number of H-pyrrole nitrogens is 1. The molecule has 3 heterocycles. The Morgan fingerprint density at radius 1 is 1.03 bits per heavy atom. The Labute approximate surface area is 166 Å². The third-order valence-electron chi connectivity index (χ3n) is 5.11. The van der Waals surface area contributed by atoms with Crippen molar-refractivity contribution in [1.82, 2.24) is 34.5 Å². The quantitative estimate of drug-likeness (QED) is 0.625. The van der Waals surface area contributed by atoms with E-state index in [4.69, 9.17) is 4.74 Å². The van der Waals surface area contributed by atoms with Crippen molar-refractivity contribution in [3.05, 3.63) is 45.1 Å². The van der Waals surface area contributed by atoms with E-state index in [1.807, 2.05) is 24.3 Å². The minimum absolute atomic E-state index is 0.0737. The summed E-state index contributed by atoms with van der Waals surface area (Å²) in [5.41, 5.74) is -0.206. The van der Waals surface area contributed by atoms with Gasteiger partial charge >= 0.3 is 5.69 Å². The summed E-state index contributed by atoms with van der Waals surface area (Å²) in [6.45, 7) is 5.83. The number of hydrogen-bond acceptors (Lipinski definition) is 8. The van der Waals surface area contributed by atoms with E-state index in [1.165, 1.54) is 11.6 Å². The van der Waals surface area contributed by atoms with E-state index < -0.39 is 11.2 Å². The predicted molar refractivity (Wildman–Crippen MR) is 108 cm³/mol.